The Labute approximate surface area is 107 Å². The molecule has 0 aliphatic heterocycles. The molecule has 0 aliphatic carbocycles. The maximum atomic E-state index is 13.5. The number of nitrogens with one attached hydrogen (secondary N) is 1. The lowest BCUT2D eigenvalue weighted by atomic mass is 10.2. The molecule has 0 heterocycles. The van der Waals surface area contributed by atoms with Gasteiger partial charge in [-0.1, -0.05) is 13.0 Å². The van der Waals surface area contributed by atoms with E-state index in [0.29, 0.717) is 13.0 Å². The van der Waals surface area contributed by atoms with Crippen LogP contribution in [0.15, 0.2) is 18.2 Å². The van der Waals surface area contributed by atoms with E-state index in [4.69, 9.17) is 0 Å². The van der Waals surface area contributed by atoms with Crippen molar-refractivity contribution in [3.05, 3.63) is 34.1 Å². The average Bonchev–Trinajstić information content (AvgIpc) is 2.30. The molecule has 7 heteroatoms. The highest BCUT2D eigenvalue weighted by atomic mass is 32.2. The van der Waals surface area contributed by atoms with E-state index >= 15 is 0 Å². The normalized spacial score (nSPS) is 13.9. The first kappa shape index (κ1) is 14.6. The van der Waals surface area contributed by atoms with Crippen LogP contribution in [-0.4, -0.2) is 27.2 Å². The van der Waals surface area contributed by atoms with E-state index in [2.05, 4.69) is 5.32 Å². The smallest absolute Gasteiger partial charge is 0.295 e. The number of nitrogens with zero attached hydrogens (tertiary/aromatic N) is 1. The van der Waals surface area contributed by atoms with Crippen molar-refractivity contribution >= 4 is 22.2 Å². The van der Waals surface area contributed by atoms with Gasteiger partial charge < -0.3 is 5.32 Å². The number of nitro groups is 1. The monoisotopic (exact) mass is 274 g/mol. The van der Waals surface area contributed by atoms with Crippen LogP contribution in [0.25, 0.3) is 0 Å². The van der Waals surface area contributed by atoms with Gasteiger partial charge in [0, 0.05) is 34.9 Å². The van der Waals surface area contributed by atoms with Crippen LogP contribution in [0, 0.1) is 15.9 Å². The fraction of sp³-hybridized carbons (Fsp3) is 0.455. The van der Waals surface area contributed by atoms with Crippen LogP contribution in [0.3, 0.4) is 0 Å². The molecule has 0 saturated heterocycles. The number of para-hydroxylation sites is 1. The fourth-order valence-electron chi connectivity index (χ4n) is 1.41. The zero-order valence-electron chi connectivity index (χ0n) is 10.2. The minimum absolute atomic E-state index is 0.0386. The van der Waals surface area contributed by atoms with Gasteiger partial charge in [0.2, 0.25) is 0 Å². The Bertz CT molecular complexity index is 468. The van der Waals surface area contributed by atoms with E-state index in [-0.39, 0.29) is 16.6 Å². The van der Waals surface area contributed by atoms with Crippen molar-refractivity contribution in [3.63, 3.8) is 0 Å². The zero-order valence-corrected chi connectivity index (χ0v) is 11.0. The Balaban J connectivity index is 2.72. The highest BCUT2D eigenvalue weighted by Gasteiger charge is 2.17. The lowest BCUT2D eigenvalue weighted by Crippen LogP contribution is -2.15. The summed E-state index contributed by atoms with van der Waals surface area (Å²) in [7, 11) is -0.955. The quantitative estimate of drug-likeness (QED) is 0.638. The van der Waals surface area contributed by atoms with E-state index < -0.39 is 21.5 Å². The lowest BCUT2D eigenvalue weighted by molar-refractivity contribution is -0.384. The van der Waals surface area contributed by atoms with Crippen LogP contribution in [0.5, 0.6) is 0 Å². The van der Waals surface area contributed by atoms with Crippen molar-refractivity contribution in [1.82, 2.24) is 0 Å². The second-order valence-electron chi connectivity index (χ2n) is 3.92. The molecule has 2 unspecified atom stereocenters. The molecular weight excluding hydrogens is 259 g/mol. The van der Waals surface area contributed by atoms with Gasteiger partial charge in [0.25, 0.3) is 5.69 Å². The molecule has 100 valence electrons. The molecule has 0 saturated carbocycles. The zero-order chi connectivity index (χ0) is 13.7. The molecule has 0 spiro atoms. The topological polar surface area (TPSA) is 72.2 Å². The van der Waals surface area contributed by atoms with Gasteiger partial charge >= 0.3 is 0 Å². The summed E-state index contributed by atoms with van der Waals surface area (Å²) >= 11 is 0. The number of rotatable bonds is 6. The Morgan fingerprint density at radius 1 is 1.56 bits per heavy atom. The van der Waals surface area contributed by atoms with Crippen LogP contribution in [-0.2, 0) is 10.8 Å². The van der Waals surface area contributed by atoms with Crippen molar-refractivity contribution in [2.75, 3.05) is 18.1 Å². The largest absolute Gasteiger partial charge is 0.377 e. The number of nitro benzene ring substituents is 1. The van der Waals surface area contributed by atoms with Gasteiger partial charge in [-0.2, -0.15) is 0 Å². The second kappa shape index (κ2) is 6.44. The number of anilines is 1. The van der Waals surface area contributed by atoms with Crippen LogP contribution in [0.1, 0.15) is 13.3 Å². The summed E-state index contributed by atoms with van der Waals surface area (Å²) in [5, 5.41) is 13.4. The summed E-state index contributed by atoms with van der Waals surface area (Å²) in [5.41, 5.74) is -0.406. The highest BCUT2D eigenvalue weighted by molar-refractivity contribution is 7.84. The first-order chi connectivity index (χ1) is 8.43. The van der Waals surface area contributed by atoms with E-state index in [9.17, 15) is 18.7 Å². The van der Waals surface area contributed by atoms with Gasteiger partial charge in [0.15, 0.2) is 5.82 Å². The first-order valence-electron chi connectivity index (χ1n) is 5.42. The van der Waals surface area contributed by atoms with E-state index in [1.165, 1.54) is 12.1 Å². The Hall–Kier alpha value is -1.50. The van der Waals surface area contributed by atoms with Gasteiger partial charge in [-0.3, -0.25) is 14.3 Å². The number of hydrogen-bond donors (Lipinski definition) is 1. The molecule has 0 bridgehead atoms. The van der Waals surface area contributed by atoms with Crippen molar-refractivity contribution in [3.8, 4) is 0 Å². The molecule has 5 nitrogen and oxygen atoms in total. The molecule has 0 fully saturated rings. The average molecular weight is 274 g/mol. The first-order valence-corrected chi connectivity index (χ1v) is 7.04. The number of halogens is 1. The summed E-state index contributed by atoms with van der Waals surface area (Å²) < 4.78 is 24.6. The van der Waals surface area contributed by atoms with E-state index in [1.807, 2.05) is 6.92 Å². The molecule has 1 aromatic rings. The van der Waals surface area contributed by atoms with Crippen molar-refractivity contribution < 1.29 is 13.5 Å². The summed E-state index contributed by atoms with van der Waals surface area (Å²) in [6.07, 6.45) is 2.14. The predicted molar refractivity (Wildman–Crippen MR) is 69.7 cm³/mol. The summed E-state index contributed by atoms with van der Waals surface area (Å²) in [4.78, 5) is 10.1. The Morgan fingerprint density at radius 2 is 2.22 bits per heavy atom. The number of benzene rings is 1. The van der Waals surface area contributed by atoms with Crippen molar-refractivity contribution in [2.45, 2.75) is 18.6 Å². The second-order valence-corrected chi connectivity index (χ2v) is 5.72. The lowest BCUT2D eigenvalue weighted by Gasteiger charge is -2.11. The number of hydrogen-bond acceptors (Lipinski definition) is 4. The third-order valence-electron chi connectivity index (χ3n) is 2.61. The maximum Gasteiger partial charge on any atom is 0.295 e. The summed E-state index contributed by atoms with van der Waals surface area (Å²) in [5.74, 6) is -0.658. The molecule has 0 aromatic heterocycles. The Kier molecular flexibility index (Phi) is 5.21. The van der Waals surface area contributed by atoms with Gasteiger partial charge in [0.05, 0.1) is 4.92 Å². The van der Waals surface area contributed by atoms with Crippen LogP contribution in [0.2, 0.25) is 0 Å². The van der Waals surface area contributed by atoms with Gasteiger partial charge in [-0.25, -0.2) is 4.39 Å². The summed E-state index contributed by atoms with van der Waals surface area (Å²) in [6.45, 7) is 2.15. The molecule has 0 aliphatic rings. The third kappa shape index (κ3) is 3.76. The van der Waals surface area contributed by atoms with Crippen LogP contribution in [0.4, 0.5) is 15.8 Å². The molecule has 0 radical (unpaired) electrons. The van der Waals surface area contributed by atoms with Gasteiger partial charge in [-0.05, 0) is 12.5 Å². The third-order valence-corrected chi connectivity index (χ3v) is 3.98. The maximum absolute atomic E-state index is 13.5. The fourth-order valence-corrected chi connectivity index (χ4v) is 1.86. The predicted octanol–water partition coefficient (Wildman–Crippen LogP) is 2.30. The SMILES string of the molecule is CC(CCNc1c(F)cccc1[N+](=O)[O-])S(C)=O. The van der Waals surface area contributed by atoms with E-state index in [1.54, 1.807) is 6.26 Å². The van der Waals surface area contributed by atoms with Crippen LogP contribution >= 0.6 is 0 Å². The molecule has 1 N–H and O–H groups in total. The standard InChI is InChI=1S/C11H15FN2O3S/c1-8(18(2)17)6-7-13-11-9(12)4-3-5-10(11)14(15)16/h3-5,8,13H,6-7H2,1-2H3. The molecule has 18 heavy (non-hydrogen) atoms. The minimum atomic E-state index is -0.955. The highest BCUT2D eigenvalue weighted by Crippen LogP contribution is 2.26. The van der Waals surface area contributed by atoms with Crippen molar-refractivity contribution in [1.29, 1.82) is 0 Å². The van der Waals surface area contributed by atoms with Gasteiger partial charge in [-0.15, -0.1) is 0 Å². The van der Waals surface area contributed by atoms with Gasteiger partial charge in [0.1, 0.15) is 5.69 Å². The molecule has 1 rings (SSSR count). The van der Waals surface area contributed by atoms with Crippen LogP contribution < -0.4 is 5.32 Å². The Morgan fingerprint density at radius 3 is 2.78 bits per heavy atom. The molecule has 1 aromatic carbocycles. The molecule has 2 atom stereocenters. The van der Waals surface area contributed by atoms with E-state index in [0.717, 1.165) is 6.07 Å². The molecular formula is C11H15FN2O3S. The minimum Gasteiger partial charge on any atom is -0.377 e. The molecule has 0 amide bonds. The summed E-state index contributed by atoms with van der Waals surface area (Å²) in [6, 6.07) is 3.70. The van der Waals surface area contributed by atoms with Crippen molar-refractivity contribution in [2.24, 2.45) is 0 Å².